The fourth-order valence-corrected chi connectivity index (χ4v) is 2.66. The minimum Gasteiger partial charge on any atom is -0.504 e. The van der Waals surface area contributed by atoms with Crippen LogP contribution in [0.3, 0.4) is 0 Å². The molecule has 8 heteroatoms. The van der Waals surface area contributed by atoms with Gasteiger partial charge in [0.1, 0.15) is 6.04 Å². The second kappa shape index (κ2) is 8.81. The zero-order valence-corrected chi connectivity index (χ0v) is 15.2. The van der Waals surface area contributed by atoms with Gasteiger partial charge in [-0.1, -0.05) is 12.6 Å². The van der Waals surface area contributed by atoms with Crippen LogP contribution in [0, 0.1) is 0 Å². The number of anilines is 1. The Labute approximate surface area is 161 Å². The van der Waals surface area contributed by atoms with Gasteiger partial charge in [-0.15, -0.1) is 0 Å². The number of carbonyl (C=O) groups is 2. The van der Waals surface area contributed by atoms with Gasteiger partial charge in [-0.25, -0.2) is 4.79 Å². The molecule has 0 spiro atoms. The summed E-state index contributed by atoms with van der Waals surface area (Å²) >= 11 is 0. The van der Waals surface area contributed by atoms with E-state index in [-0.39, 0.29) is 36.0 Å². The molecular formula is C20H21NO7. The van der Waals surface area contributed by atoms with Gasteiger partial charge in [0.2, 0.25) is 0 Å². The van der Waals surface area contributed by atoms with Crippen molar-refractivity contribution in [3.05, 3.63) is 54.6 Å². The summed E-state index contributed by atoms with van der Waals surface area (Å²) in [6, 6.07) is 6.55. The predicted octanol–water partition coefficient (Wildman–Crippen LogP) is 2.20. The van der Waals surface area contributed by atoms with E-state index in [0.29, 0.717) is 5.56 Å². The number of rotatable bonds is 7. The maximum atomic E-state index is 12.6. The monoisotopic (exact) mass is 387 g/mol. The normalized spacial score (nSPS) is 11.5. The molecule has 0 radical (unpaired) electrons. The average molecular weight is 387 g/mol. The van der Waals surface area contributed by atoms with Crippen molar-refractivity contribution in [2.45, 2.75) is 19.4 Å². The minimum absolute atomic E-state index is 0.0477. The van der Waals surface area contributed by atoms with Gasteiger partial charge >= 0.3 is 5.97 Å². The maximum Gasteiger partial charge on any atom is 0.329 e. The largest absolute Gasteiger partial charge is 0.504 e. The van der Waals surface area contributed by atoms with Crippen molar-refractivity contribution in [1.29, 1.82) is 0 Å². The van der Waals surface area contributed by atoms with E-state index in [1.165, 1.54) is 30.3 Å². The molecule has 2 aromatic rings. The van der Waals surface area contributed by atoms with Gasteiger partial charge in [-0.2, -0.15) is 0 Å². The summed E-state index contributed by atoms with van der Waals surface area (Å²) < 4.78 is 5.09. The molecule has 2 rings (SSSR count). The number of phenolic OH excluding ortho intramolecular Hbond substituents is 4. The van der Waals surface area contributed by atoms with Crippen molar-refractivity contribution >= 4 is 17.6 Å². The Balaban J connectivity index is 2.52. The summed E-state index contributed by atoms with van der Waals surface area (Å²) in [4.78, 5) is 26.2. The zero-order chi connectivity index (χ0) is 20.8. The molecule has 0 aromatic heterocycles. The number of amides is 1. The van der Waals surface area contributed by atoms with Gasteiger partial charge in [0.15, 0.2) is 23.0 Å². The Morgan fingerprint density at radius 2 is 1.64 bits per heavy atom. The fraction of sp³-hybridized carbons (Fsp3) is 0.200. The lowest BCUT2D eigenvalue weighted by molar-refractivity contribution is -0.145. The highest BCUT2D eigenvalue weighted by molar-refractivity contribution is 6.05. The Morgan fingerprint density at radius 1 is 1.04 bits per heavy atom. The highest BCUT2D eigenvalue weighted by atomic mass is 16.5. The topological polar surface area (TPSA) is 128 Å². The van der Waals surface area contributed by atoms with Crippen LogP contribution < -0.4 is 4.90 Å². The number of benzene rings is 2. The molecule has 0 saturated heterocycles. The smallest absolute Gasteiger partial charge is 0.329 e. The molecule has 0 unspecified atom stereocenters. The number of phenols is 4. The van der Waals surface area contributed by atoms with Crippen molar-refractivity contribution in [3.63, 3.8) is 0 Å². The Morgan fingerprint density at radius 3 is 2.18 bits per heavy atom. The van der Waals surface area contributed by atoms with E-state index in [9.17, 15) is 30.0 Å². The van der Waals surface area contributed by atoms with E-state index in [4.69, 9.17) is 4.74 Å². The Bertz CT molecular complexity index is 894. The van der Waals surface area contributed by atoms with E-state index in [1.54, 1.807) is 6.92 Å². The first-order valence-electron chi connectivity index (χ1n) is 8.43. The predicted molar refractivity (Wildman–Crippen MR) is 101 cm³/mol. The van der Waals surface area contributed by atoms with Gasteiger partial charge in [0, 0.05) is 18.2 Å². The first-order valence-corrected chi connectivity index (χ1v) is 8.43. The molecule has 0 aliphatic rings. The molecule has 148 valence electrons. The highest BCUT2D eigenvalue weighted by Crippen LogP contribution is 2.32. The Hall–Kier alpha value is -3.68. The van der Waals surface area contributed by atoms with Crippen molar-refractivity contribution in [2.24, 2.45) is 0 Å². The number of hydrogen-bond donors (Lipinski definition) is 4. The summed E-state index contributed by atoms with van der Waals surface area (Å²) in [6.07, 6.45) is 0.957. The molecule has 1 amide bonds. The number of hydrogen-bond acceptors (Lipinski definition) is 7. The number of carbonyl (C=O) groups excluding carboxylic acids is 2. The van der Waals surface area contributed by atoms with Gasteiger partial charge in [0.05, 0.1) is 6.61 Å². The van der Waals surface area contributed by atoms with Crippen molar-refractivity contribution in [2.75, 3.05) is 11.5 Å². The highest BCUT2D eigenvalue weighted by Gasteiger charge is 2.32. The van der Waals surface area contributed by atoms with E-state index in [2.05, 4.69) is 6.58 Å². The first-order chi connectivity index (χ1) is 13.3. The van der Waals surface area contributed by atoms with Crippen LogP contribution >= 0.6 is 0 Å². The van der Waals surface area contributed by atoms with Crippen LogP contribution in [0.5, 0.6) is 23.0 Å². The molecule has 2 aromatic carbocycles. The van der Waals surface area contributed by atoms with Gasteiger partial charge < -0.3 is 25.2 Å². The van der Waals surface area contributed by atoms with Crippen LogP contribution in [-0.4, -0.2) is 45.0 Å². The molecule has 0 bridgehead atoms. The molecule has 0 saturated carbocycles. The second-order valence-corrected chi connectivity index (χ2v) is 5.88. The van der Waals surface area contributed by atoms with E-state index in [1.807, 2.05) is 0 Å². The molecule has 28 heavy (non-hydrogen) atoms. The minimum atomic E-state index is -1.15. The summed E-state index contributed by atoms with van der Waals surface area (Å²) in [7, 11) is 0. The standard InChI is InChI=1S/C20H21NO7/c1-3-19(26)21(13-6-8-16(23)18(25)11-13)14(20(27)28-4-2)9-12-5-7-15(22)17(24)10-12/h3,5-8,10-11,14,22-25H,1,4,9H2,2H3/t14-/m0/s1. The van der Waals surface area contributed by atoms with Crippen LogP contribution in [0.1, 0.15) is 12.5 Å². The number of aromatic hydroxyl groups is 4. The number of ether oxygens (including phenoxy) is 1. The van der Waals surface area contributed by atoms with Crippen molar-refractivity contribution < 1.29 is 34.8 Å². The third kappa shape index (κ3) is 4.53. The van der Waals surface area contributed by atoms with E-state index >= 15 is 0 Å². The third-order valence-electron chi connectivity index (χ3n) is 3.99. The molecule has 4 N–H and O–H groups in total. The zero-order valence-electron chi connectivity index (χ0n) is 15.2. The molecule has 0 fully saturated rings. The van der Waals surface area contributed by atoms with Gasteiger partial charge in [-0.05, 0) is 42.8 Å². The third-order valence-corrected chi connectivity index (χ3v) is 3.99. The molecular weight excluding hydrogens is 366 g/mol. The molecule has 0 aliphatic heterocycles. The van der Waals surface area contributed by atoms with Crippen molar-refractivity contribution in [1.82, 2.24) is 0 Å². The van der Waals surface area contributed by atoms with E-state index in [0.717, 1.165) is 17.0 Å². The lowest BCUT2D eigenvalue weighted by Crippen LogP contribution is -2.47. The lowest BCUT2D eigenvalue weighted by atomic mass is 10.0. The maximum absolute atomic E-state index is 12.6. The molecule has 0 aliphatic carbocycles. The molecule has 1 atom stereocenters. The number of nitrogens with zero attached hydrogens (tertiary/aromatic N) is 1. The summed E-state index contributed by atoms with van der Waals surface area (Å²) in [5, 5.41) is 38.5. The van der Waals surface area contributed by atoms with Crippen LogP contribution in [-0.2, 0) is 20.7 Å². The van der Waals surface area contributed by atoms with Crippen LogP contribution in [0.2, 0.25) is 0 Å². The summed E-state index contributed by atoms with van der Waals surface area (Å²) in [6.45, 7) is 5.13. The van der Waals surface area contributed by atoms with Gasteiger partial charge in [0.25, 0.3) is 5.91 Å². The van der Waals surface area contributed by atoms with Crippen LogP contribution in [0.4, 0.5) is 5.69 Å². The van der Waals surface area contributed by atoms with Crippen LogP contribution in [0.15, 0.2) is 49.1 Å². The number of esters is 1. The second-order valence-electron chi connectivity index (χ2n) is 5.88. The first kappa shape index (κ1) is 20.6. The molecule has 8 nitrogen and oxygen atoms in total. The average Bonchev–Trinajstić information content (AvgIpc) is 2.66. The summed E-state index contributed by atoms with van der Waals surface area (Å²) in [5.41, 5.74) is 0.597. The van der Waals surface area contributed by atoms with Crippen LogP contribution in [0.25, 0.3) is 0 Å². The lowest BCUT2D eigenvalue weighted by Gasteiger charge is -2.30. The SMILES string of the molecule is C=CC(=O)N(c1ccc(O)c(O)c1)[C@@H](Cc1ccc(O)c(O)c1)C(=O)OCC. The summed E-state index contributed by atoms with van der Waals surface area (Å²) in [5.74, 6) is -2.89. The fourth-order valence-electron chi connectivity index (χ4n) is 2.66. The van der Waals surface area contributed by atoms with Gasteiger partial charge in [-0.3, -0.25) is 9.69 Å². The van der Waals surface area contributed by atoms with E-state index < -0.39 is 23.7 Å². The molecule has 0 heterocycles. The quantitative estimate of drug-likeness (QED) is 0.326. The van der Waals surface area contributed by atoms with Crippen molar-refractivity contribution in [3.8, 4) is 23.0 Å². The Kier molecular flexibility index (Phi) is 6.49.